The zero-order valence-corrected chi connectivity index (χ0v) is 13.6. The highest BCUT2D eigenvalue weighted by atomic mass is 16.5. The van der Waals surface area contributed by atoms with Crippen LogP contribution in [0.15, 0.2) is 12.4 Å². The molecule has 0 aliphatic carbocycles. The number of aromatic nitrogens is 1. The third-order valence-corrected chi connectivity index (χ3v) is 4.74. The SMILES string of the molecule is COC(=O)c1cncc2c1CCN(C(=O)CCN1CCCC1)C2. The summed E-state index contributed by atoms with van der Waals surface area (Å²) >= 11 is 0. The monoisotopic (exact) mass is 317 g/mol. The van der Waals surface area contributed by atoms with E-state index in [9.17, 15) is 9.59 Å². The normalized spacial score (nSPS) is 17.9. The summed E-state index contributed by atoms with van der Waals surface area (Å²) in [5.41, 5.74) is 2.44. The number of carbonyl (C=O) groups excluding carboxylic acids is 2. The zero-order chi connectivity index (χ0) is 16.2. The summed E-state index contributed by atoms with van der Waals surface area (Å²) in [5, 5.41) is 0. The van der Waals surface area contributed by atoms with Crippen molar-refractivity contribution < 1.29 is 14.3 Å². The molecule has 1 aromatic heterocycles. The molecule has 1 aromatic rings. The number of nitrogens with zero attached hydrogens (tertiary/aromatic N) is 3. The number of hydrogen-bond donors (Lipinski definition) is 0. The van der Waals surface area contributed by atoms with Gasteiger partial charge in [-0.2, -0.15) is 0 Å². The average molecular weight is 317 g/mol. The minimum absolute atomic E-state index is 0.186. The molecular weight excluding hydrogens is 294 g/mol. The number of fused-ring (bicyclic) bond motifs is 1. The van der Waals surface area contributed by atoms with E-state index in [0.29, 0.717) is 31.5 Å². The van der Waals surface area contributed by atoms with Crippen LogP contribution in [0.2, 0.25) is 0 Å². The second-order valence-corrected chi connectivity index (χ2v) is 6.18. The van der Waals surface area contributed by atoms with Crippen molar-refractivity contribution in [1.82, 2.24) is 14.8 Å². The Labute approximate surface area is 136 Å². The van der Waals surface area contributed by atoms with Crippen molar-refractivity contribution in [2.75, 3.05) is 33.3 Å². The molecule has 0 spiro atoms. The number of methoxy groups -OCH3 is 1. The predicted octanol–water partition coefficient (Wildman–Crippen LogP) is 1.24. The Morgan fingerprint density at radius 2 is 2.00 bits per heavy atom. The summed E-state index contributed by atoms with van der Waals surface area (Å²) in [6, 6.07) is 0. The van der Waals surface area contributed by atoms with E-state index in [1.807, 2.05) is 4.90 Å². The summed E-state index contributed by atoms with van der Waals surface area (Å²) in [5.74, 6) is -0.172. The lowest BCUT2D eigenvalue weighted by Gasteiger charge is -2.30. The number of ether oxygens (including phenoxy) is 1. The topological polar surface area (TPSA) is 62.7 Å². The molecule has 1 fully saturated rings. The third kappa shape index (κ3) is 3.52. The second-order valence-electron chi connectivity index (χ2n) is 6.18. The van der Waals surface area contributed by atoms with Gasteiger partial charge in [-0.1, -0.05) is 0 Å². The Balaban J connectivity index is 1.63. The van der Waals surface area contributed by atoms with Crippen LogP contribution in [-0.2, 0) is 22.5 Å². The highest BCUT2D eigenvalue weighted by Crippen LogP contribution is 2.22. The lowest BCUT2D eigenvalue weighted by molar-refractivity contribution is -0.132. The van der Waals surface area contributed by atoms with Gasteiger partial charge in [0.05, 0.1) is 12.7 Å². The predicted molar refractivity (Wildman–Crippen MR) is 85.0 cm³/mol. The van der Waals surface area contributed by atoms with E-state index < -0.39 is 0 Å². The quantitative estimate of drug-likeness (QED) is 0.782. The first kappa shape index (κ1) is 15.9. The first-order chi connectivity index (χ1) is 11.2. The van der Waals surface area contributed by atoms with Gasteiger partial charge in [-0.25, -0.2) is 4.79 Å². The van der Waals surface area contributed by atoms with Gasteiger partial charge in [0.25, 0.3) is 0 Å². The molecule has 0 radical (unpaired) electrons. The fourth-order valence-corrected chi connectivity index (χ4v) is 3.41. The Kier molecular flexibility index (Phi) is 4.91. The van der Waals surface area contributed by atoms with Crippen LogP contribution in [0.25, 0.3) is 0 Å². The number of amides is 1. The maximum atomic E-state index is 12.4. The van der Waals surface area contributed by atoms with Crippen LogP contribution in [0.4, 0.5) is 0 Å². The molecule has 3 heterocycles. The van der Waals surface area contributed by atoms with Crippen LogP contribution < -0.4 is 0 Å². The van der Waals surface area contributed by atoms with E-state index in [1.165, 1.54) is 20.0 Å². The van der Waals surface area contributed by atoms with Crippen molar-refractivity contribution in [2.24, 2.45) is 0 Å². The maximum absolute atomic E-state index is 12.4. The molecule has 2 aliphatic heterocycles. The molecule has 0 aromatic carbocycles. The molecule has 0 bridgehead atoms. The first-order valence-corrected chi connectivity index (χ1v) is 8.23. The molecule has 6 nitrogen and oxygen atoms in total. The summed E-state index contributed by atoms with van der Waals surface area (Å²) in [7, 11) is 1.37. The molecule has 0 unspecified atom stereocenters. The van der Waals surface area contributed by atoms with Gasteiger partial charge in [0, 0.05) is 38.4 Å². The van der Waals surface area contributed by atoms with Crippen molar-refractivity contribution in [3.05, 3.63) is 29.1 Å². The van der Waals surface area contributed by atoms with Gasteiger partial charge in [-0.15, -0.1) is 0 Å². The minimum atomic E-state index is -0.358. The third-order valence-electron chi connectivity index (χ3n) is 4.74. The van der Waals surface area contributed by atoms with E-state index in [4.69, 9.17) is 4.74 Å². The van der Waals surface area contributed by atoms with Gasteiger partial charge >= 0.3 is 5.97 Å². The number of rotatable bonds is 4. The summed E-state index contributed by atoms with van der Waals surface area (Å²) in [6.45, 7) is 4.26. The largest absolute Gasteiger partial charge is 0.465 e. The average Bonchev–Trinajstić information content (AvgIpc) is 3.11. The minimum Gasteiger partial charge on any atom is -0.465 e. The van der Waals surface area contributed by atoms with Crippen LogP contribution in [0.3, 0.4) is 0 Å². The van der Waals surface area contributed by atoms with Crippen molar-refractivity contribution in [2.45, 2.75) is 32.2 Å². The van der Waals surface area contributed by atoms with Gasteiger partial charge in [0.15, 0.2) is 0 Å². The molecule has 0 saturated carbocycles. The van der Waals surface area contributed by atoms with Gasteiger partial charge in [-0.05, 0) is 43.5 Å². The molecule has 1 saturated heterocycles. The van der Waals surface area contributed by atoms with Crippen LogP contribution >= 0.6 is 0 Å². The Bertz CT molecular complexity index is 597. The maximum Gasteiger partial charge on any atom is 0.339 e. The standard InChI is InChI=1S/C17H23N3O3/c1-23-17(22)15-11-18-10-13-12-20(9-4-14(13)15)16(21)5-8-19-6-2-3-7-19/h10-11H,2-9,12H2,1H3. The van der Waals surface area contributed by atoms with E-state index in [2.05, 4.69) is 9.88 Å². The van der Waals surface area contributed by atoms with Crippen molar-refractivity contribution in [3.8, 4) is 0 Å². The van der Waals surface area contributed by atoms with Crippen LogP contribution in [0, 0.1) is 0 Å². The smallest absolute Gasteiger partial charge is 0.339 e. The molecule has 0 atom stereocenters. The fourth-order valence-electron chi connectivity index (χ4n) is 3.41. The molecule has 2 aliphatic rings. The molecule has 1 amide bonds. The number of likely N-dealkylation sites (tertiary alicyclic amines) is 1. The molecule has 3 rings (SSSR count). The molecule has 23 heavy (non-hydrogen) atoms. The summed E-state index contributed by atoms with van der Waals surface area (Å²) < 4.78 is 4.81. The Morgan fingerprint density at radius 3 is 2.74 bits per heavy atom. The highest BCUT2D eigenvalue weighted by Gasteiger charge is 2.25. The van der Waals surface area contributed by atoms with Gasteiger partial charge in [-0.3, -0.25) is 9.78 Å². The van der Waals surface area contributed by atoms with Crippen molar-refractivity contribution >= 4 is 11.9 Å². The lowest BCUT2D eigenvalue weighted by atomic mass is 9.97. The lowest BCUT2D eigenvalue weighted by Crippen LogP contribution is -2.38. The fraction of sp³-hybridized carbons (Fsp3) is 0.588. The van der Waals surface area contributed by atoms with E-state index in [0.717, 1.165) is 30.8 Å². The van der Waals surface area contributed by atoms with Gasteiger partial charge in [0.1, 0.15) is 0 Å². The molecule has 124 valence electrons. The zero-order valence-electron chi connectivity index (χ0n) is 13.6. The van der Waals surface area contributed by atoms with Crippen LogP contribution in [-0.4, -0.2) is 59.9 Å². The summed E-state index contributed by atoms with van der Waals surface area (Å²) in [6.07, 6.45) is 7.04. The Morgan fingerprint density at radius 1 is 1.22 bits per heavy atom. The number of pyridine rings is 1. The molecule has 6 heteroatoms. The Hall–Kier alpha value is -1.95. The summed E-state index contributed by atoms with van der Waals surface area (Å²) in [4.78, 5) is 32.6. The van der Waals surface area contributed by atoms with Crippen LogP contribution in [0.1, 0.15) is 40.7 Å². The van der Waals surface area contributed by atoms with Crippen molar-refractivity contribution in [3.63, 3.8) is 0 Å². The number of hydrogen-bond acceptors (Lipinski definition) is 5. The van der Waals surface area contributed by atoms with Gasteiger partial charge < -0.3 is 14.5 Å². The first-order valence-electron chi connectivity index (χ1n) is 8.23. The van der Waals surface area contributed by atoms with E-state index >= 15 is 0 Å². The molecular formula is C17H23N3O3. The van der Waals surface area contributed by atoms with E-state index in [-0.39, 0.29) is 11.9 Å². The second kappa shape index (κ2) is 7.08. The number of carbonyl (C=O) groups is 2. The van der Waals surface area contributed by atoms with Gasteiger partial charge in [0.2, 0.25) is 5.91 Å². The van der Waals surface area contributed by atoms with E-state index in [1.54, 1.807) is 12.4 Å². The van der Waals surface area contributed by atoms with Crippen LogP contribution in [0.5, 0.6) is 0 Å². The number of esters is 1. The highest BCUT2D eigenvalue weighted by molar-refractivity contribution is 5.91. The van der Waals surface area contributed by atoms with Crippen molar-refractivity contribution in [1.29, 1.82) is 0 Å². The molecule has 0 N–H and O–H groups in total.